The first kappa shape index (κ1) is 17.2. The summed E-state index contributed by atoms with van der Waals surface area (Å²) in [5, 5.41) is 4.42. The SMILES string of the molecule is CNC(=O)c1ncc2[nH]c3cccc(OCCOC)c3c2c1COC. The van der Waals surface area contributed by atoms with E-state index in [2.05, 4.69) is 15.3 Å². The van der Waals surface area contributed by atoms with Gasteiger partial charge in [-0.2, -0.15) is 0 Å². The predicted octanol–water partition coefficient (Wildman–Crippen LogP) is 2.25. The Bertz CT molecular complexity index is 904. The maximum atomic E-state index is 12.2. The van der Waals surface area contributed by atoms with Gasteiger partial charge in [0.05, 0.1) is 30.4 Å². The van der Waals surface area contributed by atoms with Crippen molar-refractivity contribution in [1.82, 2.24) is 15.3 Å². The van der Waals surface area contributed by atoms with Crippen LogP contribution in [-0.4, -0.2) is 50.4 Å². The molecule has 0 saturated heterocycles. The Kier molecular flexibility index (Phi) is 5.16. The molecule has 25 heavy (non-hydrogen) atoms. The summed E-state index contributed by atoms with van der Waals surface area (Å²) in [6, 6.07) is 5.79. The molecule has 0 aliphatic rings. The van der Waals surface area contributed by atoms with Gasteiger partial charge in [0.1, 0.15) is 18.1 Å². The number of pyridine rings is 1. The number of rotatable bonds is 7. The van der Waals surface area contributed by atoms with Crippen molar-refractivity contribution in [3.63, 3.8) is 0 Å². The quantitative estimate of drug-likeness (QED) is 0.643. The number of amides is 1. The van der Waals surface area contributed by atoms with Crippen LogP contribution >= 0.6 is 0 Å². The maximum Gasteiger partial charge on any atom is 0.270 e. The summed E-state index contributed by atoms with van der Waals surface area (Å²) in [5.74, 6) is 0.480. The molecule has 0 aliphatic heterocycles. The number of methoxy groups -OCH3 is 2. The molecule has 0 atom stereocenters. The summed E-state index contributed by atoms with van der Waals surface area (Å²) in [5.41, 5.74) is 2.83. The molecule has 0 spiro atoms. The highest BCUT2D eigenvalue weighted by Gasteiger charge is 2.20. The van der Waals surface area contributed by atoms with Crippen molar-refractivity contribution in [3.8, 4) is 5.75 Å². The number of benzene rings is 1. The number of aromatic nitrogens is 2. The lowest BCUT2D eigenvalue weighted by Gasteiger charge is -2.11. The normalized spacial score (nSPS) is 11.2. The predicted molar refractivity (Wildman–Crippen MR) is 95.1 cm³/mol. The summed E-state index contributed by atoms with van der Waals surface area (Å²) < 4.78 is 16.3. The second-order valence-corrected chi connectivity index (χ2v) is 5.53. The van der Waals surface area contributed by atoms with E-state index in [0.717, 1.165) is 33.1 Å². The van der Waals surface area contributed by atoms with Gasteiger partial charge < -0.3 is 24.5 Å². The van der Waals surface area contributed by atoms with Crippen LogP contribution in [0.5, 0.6) is 5.75 Å². The molecule has 1 amide bonds. The molecule has 132 valence electrons. The molecule has 0 fully saturated rings. The first-order valence-corrected chi connectivity index (χ1v) is 7.96. The van der Waals surface area contributed by atoms with Gasteiger partial charge in [0.2, 0.25) is 0 Å². The van der Waals surface area contributed by atoms with Gasteiger partial charge >= 0.3 is 0 Å². The average molecular weight is 343 g/mol. The van der Waals surface area contributed by atoms with Crippen LogP contribution in [-0.2, 0) is 16.1 Å². The molecule has 3 aromatic rings. The molecule has 0 bridgehead atoms. The molecule has 0 aliphatic carbocycles. The fraction of sp³-hybridized carbons (Fsp3) is 0.333. The minimum atomic E-state index is -0.249. The van der Waals surface area contributed by atoms with Crippen molar-refractivity contribution in [1.29, 1.82) is 0 Å². The second kappa shape index (κ2) is 7.50. The van der Waals surface area contributed by atoms with Crippen LogP contribution in [0, 0.1) is 0 Å². The van der Waals surface area contributed by atoms with Crippen LogP contribution in [0.15, 0.2) is 24.4 Å². The zero-order valence-electron chi connectivity index (χ0n) is 14.5. The highest BCUT2D eigenvalue weighted by atomic mass is 16.5. The van der Waals surface area contributed by atoms with Crippen molar-refractivity contribution in [2.75, 3.05) is 34.5 Å². The number of aromatic amines is 1. The molecule has 2 aromatic heterocycles. The molecule has 7 nitrogen and oxygen atoms in total. The van der Waals surface area contributed by atoms with Crippen molar-refractivity contribution < 1.29 is 19.0 Å². The highest BCUT2D eigenvalue weighted by molar-refractivity contribution is 6.14. The number of carbonyl (C=O) groups is 1. The molecule has 2 N–H and O–H groups in total. The number of nitrogens with one attached hydrogen (secondary N) is 2. The molecular formula is C18H21N3O4. The lowest BCUT2D eigenvalue weighted by molar-refractivity contribution is 0.0953. The zero-order valence-corrected chi connectivity index (χ0v) is 14.5. The van der Waals surface area contributed by atoms with Crippen LogP contribution < -0.4 is 10.1 Å². The smallest absolute Gasteiger partial charge is 0.270 e. The van der Waals surface area contributed by atoms with E-state index in [-0.39, 0.29) is 12.5 Å². The van der Waals surface area contributed by atoms with Crippen molar-refractivity contribution in [2.24, 2.45) is 0 Å². The third-order valence-electron chi connectivity index (χ3n) is 4.00. The Balaban J connectivity index is 2.27. The minimum Gasteiger partial charge on any atom is -0.490 e. The zero-order chi connectivity index (χ0) is 17.8. The van der Waals surface area contributed by atoms with Gasteiger partial charge in [-0.1, -0.05) is 6.07 Å². The van der Waals surface area contributed by atoms with Gasteiger partial charge in [-0.3, -0.25) is 4.79 Å². The molecule has 0 saturated carbocycles. The van der Waals surface area contributed by atoms with E-state index < -0.39 is 0 Å². The Morgan fingerprint density at radius 2 is 2.00 bits per heavy atom. The first-order chi connectivity index (χ1) is 12.2. The number of H-pyrrole nitrogens is 1. The van der Waals surface area contributed by atoms with Gasteiger partial charge in [0, 0.05) is 37.6 Å². The highest BCUT2D eigenvalue weighted by Crippen LogP contribution is 2.36. The fourth-order valence-electron chi connectivity index (χ4n) is 2.93. The maximum absolute atomic E-state index is 12.2. The number of ether oxygens (including phenoxy) is 3. The summed E-state index contributed by atoms with van der Waals surface area (Å²) in [4.78, 5) is 19.9. The van der Waals surface area contributed by atoms with Crippen molar-refractivity contribution in [3.05, 3.63) is 35.7 Å². The van der Waals surface area contributed by atoms with E-state index >= 15 is 0 Å². The molecule has 3 rings (SSSR count). The van der Waals surface area contributed by atoms with Crippen molar-refractivity contribution in [2.45, 2.75) is 6.61 Å². The standard InChI is InChI=1S/C18H21N3O4/c1-19-18(22)17-11(10-24-3)15-13(9-20-17)21-12-5-4-6-14(16(12)15)25-8-7-23-2/h4-6,9,21H,7-8,10H2,1-3H3,(H,19,22). The Labute approximate surface area is 145 Å². The Morgan fingerprint density at radius 1 is 1.16 bits per heavy atom. The third-order valence-corrected chi connectivity index (χ3v) is 4.00. The van der Waals surface area contributed by atoms with Gasteiger partial charge in [-0.05, 0) is 12.1 Å². The van der Waals surface area contributed by atoms with Gasteiger partial charge in [-0.25, -0.2) is 4.98 Å². The Morgan fingerprint density at radius 3 is 2.72 bits per heavy atom. The molecular weight excluding hydrogens is 322 g/mol. The monoisotopic (exact) mass is 343 g/mol. The van der Waals surface area contributed by atoms with Gasteiger partial charge in [0.25, 0.3) is 5.91 Å². The number of hydrogen-bond acceptors (Lipinski definition) is 5. The molecule has 2 heterocycles. The van der Waals surface area contributed by atoms with Gasteiger partial charge in [0.15, 0.2) is 0 Å². The molecule has 0 unspecified atom stereocenters. The van der Waals surface area contributed by atoms with E-state index in [0.29, 0.717) is 18.9 Å². The summed E-state index contributed by atoms with van der Waals surface area (Å²) in [6.07, 6.45) is 1.66. The van der Waals surface area contributed by atoms with Crippen LogP contribution in [0.2, 0.25) is 0 Å². The topological polar surface area (TPSA) is 85.5 Å². The van der Waals surface area contributed by atoms with E-state index in [1.165, 1.54) is 0 Å². The number of fused-ring (bicyclic) bond motifs is 3. The molecule has 0 radical (unpaired) electrons. The van der Waals surface area contributed by atoms with Crippen LogP contribution in [0.25, 0.3) is 21.8 Å². The number of hydrogen-bond donors (Lipinski definition) is 2. The minimum absolute atomic E-state index is 0.249. The van der Waals surface area contributed by atoms with Gasteiger partial charge in [-0.15, -0.1) is 0 Å². The lowest BCUT2D eigenvalue weighted by Crippen LogP contribution is -2.21. The van der Waals surface area contributed by atoms with Crippen LogP contribution in [0.1, 0.15) is 16.1 Å². The summed E-state index contributed by atoms with van der Waals surface area (Å²) in [6.45, 7) is 1.20. The summed E-state index contributed by atoms with van der Waals surface area (Å²) in [7, 11) is 4.81. The van der Waals surface area contributed by atoms with E-state index in [1.54, 1.807) is 27.5 Å². The molecule has 7 heteroatoms. The largest absolute Gasteiger partial charge is 0.490 e. The summed E-state index contributed by atoms with van der Waals surface area (Å²) >= 11 is 0. The number of nitrogens with zero attached hydrogens (tertiary/aromatic N) is 1. The first-order valence-electron chi connectivity index (χ1n) is 7.96. The third kappa shape index (κ3) is 3.16. The second-order valence-electron chi connectivity index (χ2n) is 5.53. The van der Waals surface area contributed by atoms with Crippen molar-refractivity contribution >= 4 is 27.7 Å². The Hall–Kier alpha value is -2.64. The van der Waals surface area contributed by atoms with Crippen LogP contribution in [0.4, 0.5) is 0 Å². The number of carbonyl (C=O) groups excluding carboxylic acids is 1. The average Bonchev–Trinajstić information content (AvgIpc) is 3.01. The van der Waals surface area contributed by atoms with E-state index in [4.69, 9.17) is 14.2 Å². The van der Waals surface area contributed by atoms with E-state index in [9.17, 15) is 4.79 Å². The van der Waals surface area contributed by atoms with E-state index in [1.807, 2.05) is 18.2 Å². The fourth-order valence-corrected chi connectivity index (χ4v) is 2.93. The molecule has 1 aromatic carbocycles. The van der Waals surface area contributed by atoms with Crippen LogP contribution in [0.3, 0.4) is 0 Å². The lowest BCUT2D eigenvalue weighted by atomic mass is 10.0.